The number of nitrogens with zero attached hydrogens (tertiary/aromatic N) is 3. The average molecular weight is 456 g/mol. The van der Waals surface area contributed by atoms with Gasteiger partial charge in [-0.1, -0.05) is 6.72 Å². The molecule has 3 heterocycles. The number of nitrogen functional groups attached to an aromatic ring is 1. The second-order valence-electron chi connectivity index (χ2n) is 5.59. The van der Waals surface area contributed by atoms with Crippen LogP contribution < -0.4 is 26.0 Å². The number of H-pyrrole nitrogens is 1. The predicted molar refractivity (Wildman–Crippen MR) is 87.4 cm³/mol. The van der Waals surface area contributed by atoms with Crippen LogP contribution in [0.5, 0.6) is 0 Å². The van der Waals surface area contributed by atoms with E-state index < -0.39 is 51.2 Å². The molecule has 1 aliphatic rings. The minimum atomic E-state index is -5.34. The fraction of sp³-hybridized carbons (Fsp3) is 0.500. The zero-order chi connectivity index (χ0) is 20.9. The normalized spacial score (nSPS) is 27.9. The van der Waals surface area contributed by atoms with Crippen LogP contribution in [0.1, 0.15) is 6.23 Å². The lowest BCUT2D eigenvalue weighted by Gasteiger charge is -2.39. The molecule has 15 nitrogen and oxygen atoms in total. The van der Waals surface area contributed by atoms with Crippen LogP contribution in [0.15, 0.2) is 11.1 Å². The summed E-state index contributed by atoms with van der Waals surface area (Å²) in [6, 6.07) is 0. The van der Waals surface area contributed by atoms with Crippen LogP contribution in [0.4, 0.5) is 5.95 Å². The first-order chi connectivity index (χ1) is 12.9. The van der Waals surface area contributed by atoms with Gasteiger partial charge in [0.15, 0.2) is 17.4 Å². The van der Waals surface area contributed by atoms with Gasteiger partial charge in [0, 0.05) is 0 Å². The summed E-state index contributed by atoms with van der Waals surface area (Å²) < 4.78 is 25.9. The smallest absolute Gasteiger partial charge is 0.280 e. The quantitative estimate of drug-likeness (QED) is 0.301. The van der Waals surface area contributed by atoms with Gasteiger partial charge in [0.25, 0.3) is 13.4 Å². The number of nitrogens with one attached hydrogen (secondary N) is 1. The van der Waals surface area contributed by atoms with Crippen LogP contribution in [0.3, 0.4) is 0 Å². The van der Waals surface area contributed by atoms with Gasteiger partial charge in [0.2, 0.25) is 5.95 Å². The van der Waals surface area contributed by atoms with Crippen LogP contribution in [0.2, 0.25) is 0 Å². The lowest BCUT2D eigenvalue weighted by molar-refractivity contribution is -0.320. The molecular formula is C10H12N5O10P2S-3. The molecule has 0 radical (unpaired) electrons. The van der Waals surface area contributed by atoms with Gasteiger partial charge in [-0.15, -0.1) is 11.8 Å². The van der Waals surface area contributed by atoms with Crippen molar-refractivity contribution < 1.29 is 43.0 Å². The Morgan fingerprint density at radius 1 is 1.39 bits per heavy atom. The fourth-order valence-electron chi connectivity index (χ4n) is 2.54. The first-order valence-electron chi connectivity index (χ1n) is 7.31. The molecule has 0 bridgehead atoms. The third-order valence-electron chi connectivity index (χ3n) is 3.66. The number of phosphoric acid groups is 1. The van der Waals surface area contributed by atoms with E-state index in [2.05, 4.69) is 35.6 Å². The molecule has 1 aliphatic heterocycles. The number of aliphatic hydroxyl groups is 2. The zero-order valence-corrected chi connectivity index (χ0v) is 16.1. The highest BCUT2D eigenvalue weighted by Gasteiger charge is 2.45. The minimum absolute atomic E-state index is 0.0599. The summed E-state index contributed by atoms with van der Waals surface area (Å²) in [6.07, 6.45) is -4.91. The maximum absolute atomic E-state index is 11.8. The van der Waals surface area contributed by atoms with E-state index in [1.54, 1.807) is 0 Å². The molecule has 5 atom stereocenters. The highest BCUT2D eigenvalue weighted by Crippen LogP contribution is 2.51. The third-order valence-corrected chi connectivity index (χ3v) is 6.32. The number of nitrogens with two attached hydrogens (primary N) is 1. The SMILES string of the molecule is Nc1nc2c(ncn2[C@@H]2O[C@H](COP(=O)([O-])OP([O-])([O-])=S)[C@@H](O)[C@H]2O)c(=O)[nH]1. The predicted octanol–water partition coefficient (Wildman–Crippen LogP) is -4.23. The Bertz CT molecular complexity index is 1040. The molecule has 156 valence electrons. The number of imidazole rings is 1. The molecule has 1 unspecified atom stereocenters. The van der Waals surface area contributed by atoms with Gasteiger partial charge in [0.05, 0.1) is 12.9 Å². The first-order valence-corrected chi connectivity index (χ1v) is 11.3. The molecule has 1 saturated heterocycles. The number of ether oxygens (including phenoxy) is 1. The summed E-state index contributed by atoms with van der Waals surface area (Å²) in [4.78, 5) is 54.6. The van der Waals surface area contributed by atoms with Crippen molar-refractivity contribution in [2.75, 3.05) is 12.3 Å². The molecule has 28 heavy (non-hydrogen) atoms. The van der Waals surface area contributed by atoms with E-state index in [1.165, 1.54) is 0 Å². The van der Waals surface area contributed by atoms with Crippen molar-refractivity contribution in [2.45, 2.75) is 24.5 Å². The second kappa shape index (κ2) is 7.51. The van der Waals surface area contributed by atoms with Crippen molar-refractivity contribution >= 4 is 43.5 Å². The first kappa shape index (κ1) is 21.4. The summed E-state index contributed by atoms with van der Waals surface area (Å²) in [6.45, 7) is -5.94. The summed E-state index contributed by atoms with van der Waals surface area (Å²) >= 11 is 3.81. The summed E-state index contributed by atoms with van der Waals surface area (Å²) in [5, 5.41) is 20.3. The Morgan fingerprint density at radius 2 is 2.07 bits per heavy atom. The second-order valence-corrected chi connectivity index (χ2v) is 9.64. The molecule has 0 aliphatic carbocycles. The number of fused-ring (bicyclic) bond motifs is 1. The van der Waals surface area contributed by atoms with Crippen molar-refractivity contribution in [2.24, 2.45) is 0 Å². The topological polar surface area (TPSA) is 244 Å². The Hall–Kier alpha value is -1.29. The highest BCUT2D eigenvalue weighted by molar-refractivity contribution is 8.06. The third kappa shape index (κ3) is 4.48. The molecule has 18 heteroatoms. The van der Waals surface area contributed by atoms with E-state index in [0.29, 0.717) is 0 Å². The number of aromatic nitrogens is 4. The summed E-state index contributed by atoms with van der Waals surface area (Å²) in [5.74, 6) is -0.234. The highest BCUT2D eigenvalue weighted by atomic mass is 32.5. The van der Waals surface area contributed by atoms with Crippen molar-refractivity contribution in [1.29, 1.82) is 0 Å². The van der Waals surface area contributed by atoms with Crippen molar-refractivity contribution in [3.05, 3.63) is 16.7 Å². The number of phosphoric ester groups is 1. The van der Waals surface area contributed by atoms with E-state index in [9.17, 15) is 34.3 Å². The molecule has 0 spiro atoms. The van der Waals surface area contributed by atoms with E-state index >= 15 is 0 Å². The Morgan fingerprint density at radius 3 is 2.71 bits per heavy atom. The fourth-order valence-corrected chi connectivity index (χ4v) is 4.77. The van der Waals surface area contributed by atoms with Gasteiger partial charge in [-0.3, -0.25) is 18.9 Å². The standard InChI is InChI=1S/C10H15N5O10P2S/c11-10-13-7-4(8(18)14-10)12-2-15(7)9-6(17)5(16)3(24-9)1-23-26(19,20)25-27(21,22)28/h2-3,5-6,9,16-17H,1H2,(H,19,20)(H2,21,22,28)(H3,11,13,14,18)/p-3/t3-,5-,6-,9-/m1/s1. The van der Waals surface area contributed by atoms with Crippen LogP contribution >= 0.6 is 14.5 Å². The van der Waals surface area contributed by atoms with Crippen LogP contribution in [0, 0.1) is 0 Å². The van der Waals surface area contributed by atoms with Crippen molar-refractivity contribution in [3.63, 3.8) is 0 Å². The number of anilines is 1. The van der Waals surface area contributed by atoms with Crippen LogP contribution in [-0.4, -0.2) is 54.7 Å². The number of rotatable bonds is 6. The van der Waals surface area contributed by atoms with Gasteiger partial charge in [-0.05, 0) is 0 Å². The molecule has 3 rings (SSSR count). The van der Waals surface area contributed by atoms with E-state index in [-0.39, 0.29) is 17.1 Å². The maximum Gasteiger partial charge on any atom is 0.280 e. The average Bonchev–Trinajstić information content (AvgIpc) is 3.06. The van der Waals surface area contributed by atoms with Gasteiger partial charge in [0.1, 0.15) is 18.3 Å². The van der Waals surface area contributed by atoms with Gasteiger partial charge in [-0.25, -0.2) is 4.98 Å². The van der Waals surface area contributed by atoms with Crippen LogP contribution in [0.25, 0.3) is 11.2 Å². The number of aromatic amines is 1. The largest absolute Gasteiger partial charge is 0.812 e. The van der Waals surface area contributed by atoms with E-state index in [1.807, 2.05) is 0 Å². The Balaban J connectivity index is 1.79. The summed E-state index contributed by atoms with van der Waals surface area (Å²) in [7, 11) is -5.34. The van der Waals surface area contributed by atoms with Crippen molar-refractivity contribution in [3.8, 4) is 0 Å². The zero-order valence-electron chi connectivity index (χ0n) is 13.5. The van der Waals surface area contributed by atoms with Gasteiger partial charge < -0.3 is 44.2 Å². The lowest BCUT2D eigenvalue weighted by atomic mass is 10.1. The molecule has 5 N–H and O–H groups in total. The lowest BCUT2D eigenvalue weighted by Crippen LogP contribution is -2.34. The molecular weight excluding hydrogens is 444 g/mol. The Labute approximate surface area is 160 Å². The number of aliphatic hydroxyl groups excluding tert-OH is 2. The Kier molecular flexibility index (Phi) is 5.75. The maximum atomic E-state index is 11.8. The van der Waals surface area contributed by atoms with Crippen molar-refractivity contribution in [1.82, 2.24) is 19.5 Å². The molecule has 0 saturated carbocycles. The molecule has 0 amide bonds. The van der Waals surface area contributed by atoms with Crippen LogP contribution in [-0.2, 0) is 29.9 Å². The number of hydrogen-bond donors (Lipinski definition) is 4. The van der Waals surface area contributed by atoms with Gasteiger partial charge in [-0.2, -0.15) is 4.98 Å². The summed E-state index contributed by atoms with van der Waals surface area (Å²) in [5.41, 5.74) is 4.64. The van der Waals surface area contributed by atoms with Gasteiger partial charge >= 0.3 is 0 Å². The molecule has 2 aromatic rings. The molecule has 1 fully saturated rings. The molecule has 0 aromatic carbocycles. The minimum Gasteiger partial charge on any atom is -0.812 e. The van der Waals surface area contributed by atoms with E-state index in [0.717, 1.165) is 10.9 Å². The molecule has 2 aromatic heterocycles. The number of hydrogen-bond acceptors (Lipinski definition) is 14. The monoisotopic (exact) mass is 456 g/mol. The van der Waals surface area contributed by atoms with E-state index in [4.69, 9.17) is 10.5 Å².